The van der Waals surface area contributed by atoms with E-state index in [-0.39, 0.29) is 24.4 Å². The highest BCUT2D eigenvalue weighted by Gasteiger charge is 2.34. The monoisotopic (exact) mass is 330 g/mol. The largest absolute Gasteiger partial charge is 0.308 e. The summed E-state index contributed by atoms with van der Waals surface area (Å²) in [6.45, 7) is 2.22. The fraction of sp³-hybridized carbons (Fsp3) is 0.222. The van der Waals surface area contributed by atoms with Crippen molar-refractivity contribution in [2.75, 3.05) is 13.1 Å². The second-order valence-corrected chi connectivity index (χ2v) is 5.65. The van der Waals surface area contributed by atoms with Crippen LogP contribution in [0.5, 0.6) is 0 Å². The third-order valence-corrected chi connectivity index (χ3v) is 4.09. The molecule has 0 aromatic heterocycles. The summed E-state index contributed by atoms with van der Waals surface area (Å²) >= 11 is 0. The van der Waals surface area contributed by atoms with E-state index in [2.05, 4.69) is 5.32 Å². The Morgan fingerprint density at radius 1 is 1.04 bits per heavy atom. The Morgan fingerprint density at radius 2 is 1.67 bits per heavy atom. The molecule has 24 heavy (non-hydrogen) atoms. The van der Waals surface area contributed by atoms with Crippen LogP contribution >= 0.6 is 0 Å². The van der Waals surface area contributed by atoms with Crippen molar-refractivity contribution < 1.29 is 18.4 Å². The Morgan fingerprint density at radius 3 is 2.25 bits per heavy atom. The van der Waals surface area contributed by atoms with Crippen LogP contribution < -0.4 is 5.32 Å². The molecule has 1 aliphatic heterocycles. The van der Waals surface area contributed by atoms with Crippen LogP contribution in [-0.2, 0) is 0 Å². The molecular weight excluding hydrogens is 314 g/mol. The van der Waals surface area contributed by atoms with E-state index in [1.165, 1.54) is 17.0 Å². The molecular formula is C18H16F2N2O2. The van der Waals surface area contributed by atoms with E-state index in [0.717, 1.165) is 6.07 Å². The van der Waals surface area contributed by atoms with Gasteiger partial charge in [-0.05, 0) is 25.1 Å². The van der Waals surface area contributed by atoms with Crippen LogP contribution in [0.1, 0.15) is 39.2 Å². The molecule has 2 aromatic carbocycles. The molecule has 0 saturated heterocycles. The minimum absolute atomic E-state index is 0.180. The zero-order chi connectivity index (χ0) is 17.3. The van der Waals surface area contributed by atoms with Gasteiger partial charge < -0.3 is 5.32 Å². The zero-order valence-corrected chi connectivity index (χ0v) is 13.1. The van der Waals surface area contributed by atoms with Crippen LogP contribution in [-0.4, -0.2) is 29.8 Å². The van der Waals surface area contributed by atoms with Crippen molar-refractivity contribution in [3.05, 3.63) is 70.8 Å². The molecule has 6 heteroatoms. The molecule has 0 saturated carbocycles. The van der Waals surface area contributed by atoms with Crippen LogP contribution in [0.25, 0.3) is 0 Å². The first-order chi connectivity index (χ1) is 11.5. The fourth-order valence-corrected chi connectivity index (χ4v) is 2.80. The molecule has 4 nitrogen and oxygen atoms in total. The highest BCUT2D eigenvalue weighted by atomic mass is 19.1. The molecule has 1 heterocycles. The second-order valence-electron chi connectivity index (χ2n) is 5.65. The summed E-state index contributed by atoms with van der Waals surface area (Å²) in [7, 11) is 0. The maximum absolute atomic E-state index is 13.7. The van der Waals surface area contributed by atoms with Gasteiger partial charge in [-0.1, -0.05) is 18.2 Å². The van der Waals surface area contributed by atoms with Gasteiger partial charge in [-0.15, -0.1) is 0 Å². The van der Waals surface area contributed by atoms with Crippen molar-refractivity contribution in [3.63, 3.8) is 0 Å². The van der Waals surface area contributed by atoms with Gasteiger partial charge in [-0.3, -0.25) is 14.5 Å². The van der Waals surface area contributed by atoms with Gasteiger partial charge in [0.25, 0.3) is 11.8 Å². The molecule has 2 aromatic rings. The molecule has 1 aliphatic rings. The van der Waals surface area contributed by atoms with E-state index in [1.54, 1.807) is 31.2 Å². The molecule has 124 valence electrons. The van der Waals surface area contributed by atoms with Crippen molar-refractivity contribution in [2.24, 2.45) is 0 Å². The Bertz CT molecular complexity index is 772. The number of nitrogens with zero attached hydrogens (tertiary/aromatic N) is 1. The van der Waals surface area contributed by atoms with Gasteiger partial charge in [0.15, 0.2) is 0 Å². The first-order valence-electron chi connectivity index (χ1n) is 7.62. The quantitative estimate of drug-likeness (QED) is 0.858. The molecule has 3 rings (SSSR count). The molecule has 0 bridgehead atoms. The summed E-state index contributed by atoms with van der Waals surface area (Å²) in [5.41, 5.74) is 1.14. The molecule has 1 N–H and O–H groups in total. The number of amides is 2. The minimum atomic E-state index is -0.630. The lowest BCUT2D eigenvalue weighted by atomic mass is 10.1. The smallest absolute Gasteiger partial charge is 0.261 e. The molecule has 2 amide bonds. The van der Waals surface area contributed by atoms with E-state index < -0.39 is 11.6 Å². The molecule has 0 spiro atoms. The van der Waals surface area contributed by atoms with E-state index >= 15 is 0 Å². The van der Waals surface area contributed by atoms with E-state index in [4.69, 9.17) is 0 Å². The molecule has 1 atom stereocenters. The third kappa shape index (κ3) is 2.92. The lowest BCUT2D eigenvalue weighted by Gasteiger charge is -2.18. The number of imide groups is 1. The summed E-state index contributed by atoms with van der Waals surface area (Å²) in [4.78, 5) is 25.6. The van der Waals surface area contributed by atoms with Gasteiger partial charge in [0.05, 0.1) is 11.1 Å². The van der Waals surface area contributed by atoms with Crippen LogP contribution in [0.4, 0.5) is 8.78 Å². The van der Waals surface area contributed by atoms with Crippen LogP contribution in [0, 0.1) is 11.6 Å². The number of rotatable bonds is 5. The van der Waals surface area contributed by atoms with Crippen molar-refractivity contribution in [2.45, 2.75) is 13.0 Å². The first-order valence-corrected chi connectivity index (χ1v) is 7.62. The van der Waals surface area contributed by atoms with E-state index in [9.17, 15) is 18.4 Å². The van der Waals surface area contributed by atoms with Gasteiger partial charge in [0.1, 0.15) is 11.6 Å². The molecule has 0 aliphatic carbocycles. The highest BCUT2D eigenvalue weighted by Crippen LogP contribution is 2.22. The van der Waals surface area contributed by atoms with Gasteiger partial charge in [-0.25, -0.2) is 8.78 Å². The number of benzene rings is 2. The molecule has 0 radical (unpaired) electrons. The van der Waals surface area contributed by atoms with Gasteiger partial charge >= 0.3 is 0 Å². The van der Waals surface area contributed by atoms with Crippen molar-refractivity contribution in [3.8, 4) is 0 Å². The third-order valence-electron chi connectivity index (χ3n) is 4.09. The number of halogens is 2. The van der Waals surface area contributed by atoms with Crippen LogP contribution in [0.2, 0.25) is 0 Å². The van der Waals surface area contributed by atoms with Crippen molar-refractivity contribution >= 4 is 11.8 Å². The standard InChI is InChI=1S/C18H16F2N2O2/c1-11(13-7-6-12(19)10-16(13)20)21-8-9-22-17(23)14-4-2-3-5-15(14)18(22)24/h2-7,10-11,21H,8-9H2,1H3/t11-/m1/s1. The van der Waals surface area contributed by atoms with Gasteiger partial charge in [0, 0.05) is 30.8 Å². The lowest BCUT2D eigenvalue weighted by Crippen LogP contribution is -2.37. The number of carbonyl (C=O) groups is 2. The van der Waals surface area contributed by atoms with Crippen LogP contribution in [0.15, 0.2) is 42.5 Å². The Balaban J connectivity index is 1.61. The van der Waals surface area contributed by atoms with E-state index in [0.29, 0.717) is 23.2 Å². The predicted octanol–water partition coefficient (Wildman–Crippen LogP) is 2.91. The average molecular weight is 330 g/mol. The van der Waals surface area contributed by atoms with Crippen molar-refractivity contribution in [1.82, 2.24) is 10.2 Å². The Kier molecular flexibility index (Phi) is 4.40. The lowest BCUT2D eigenvalue weighted by molar-refractivity contribution is 0.0654. The average Bonchev–Trinajstić information content (AvgIpc) is 2.80. The highest BCUT2D eigenvalue weighted by molar-refractivity contribution is 6.21. The maximum Gasteiger partial charge on any atom is 0.261 e. The van der Waals surface area contributed by atoms with Gasteiger partial charge in [-0.2, -0.15) is 0 Å². The molecule has 0 unspecified atom stereocenters. The summed E-state index contributed by atoms with van der Waals surface area (Å²) in [6.07, 6.45) is 0. The topological polar surface area (TPSA) is 49.4 Å². The number of fused-ring (bicyclic) bond motifs is 1. The van der Waals surface area contributed by atoms with E-state index in [1.807, 2.05) is 0 Å². The number of hydrogen-bond donors (Lipinski definition) is 1. The second kappa shape index (κ2) is 6.49. The number of nitrogens with one attached hydrogen (secondary N) is 1. The minimum Gasteiger partial charge on any atom is -0.308 e. The van der Waals surface area contributed by atoms with Gasteiger partial charge in [0.2, 0.25) is 0 Å². The summed E-state index contributed by atoms with van der Waals surface area (Å²) < 4.78 is 26.7. The van der Waals surface area contributed by atoms with Crippen LogP contribution in [0.3, 0.4) is 0 Å². The number of carbonyl (C=O) groups excluding carboxylic acids is 2. The normalized spacial score (nSPS) is 14.9. The Labute approximate surface area is 138 Å². The summed E-state index contributed by atoms with van der Waals surface area (Å²) in [6, 6.07) is 9.71. The predicted molar refractivity (Wildman–Crippen MR) is 84.6 cm³/mol. The summed E-state index contributed by atoms with van der Waals surface area (Å²) in [5, 5.41) is 3.05. The SMILES string of the molecule is C[C@@H](NCCN1C(=O)c2ccccc2C1=O)c1ccc(F)cc1F. The maximum atomic E-state index is 13.7. The molecule has 0 fully saturated rings. The zero-order valence-electron chi connectivity index (χ0n) is 13.1. The van der Waals surface area contributed by atoms with Crippen molar-refractivity contribution in [1.29, 1.82) is 0 Å². The summed E-state index contributed by atoms with van der Waals surface area (Å²) in [5.74, 6) is -1.90. The fourth-order valence-electron chi connectivity index (χ4n) is 2.80. The number of hydrogen-bond acceptors (Lipinski definition) is 3. The first kappa shape index (κ1) is 16.3. The Hall–Kier alpha value is -2.60.